The molecule has 21 heavy (non-hydrogen) atoms. The van der Waals surface area contributed by atoms with Gasteiger partial charge in [0, 0.05) is 17.7 Å². The first-order chi connectivity index (χ1) is 10.0. The van der Waals surface area contributed by atoms with Gasteiger partial charge in [0.1, 0.15) is 5.69 Å². The molecule has 2 aromatic rings. The number of benzene rings is 1. The maximum atomic E-state index is 11.5. The van der Waals surface area contributed by atoms with E-state index in [2.05, 4.69) is 31.1 Å². The third-order valence-electron chi connectivity index (χ3n) is 2.91. The second-order valence-electron chi connectivity index (χ2n) is 4.28. The van der Waals surface area contributed by atoms with Crippen LogP contribution in [0, 0.1) is 0 Å². The molecule has 0 spiro atoms. The molecule has 7 heteroatoms. The van der Waals surface area contributed by atoms with E-state index in [4.69, 9.17) is 0 Å². The number of amides is 1. The predicted octanol–water partition coefficient (Wildman–Crippen LogP) is 1.84. The molecule has 0 unspecified atom stereocenters. The predicted molar refractivity (Wildman–Crippen MR) is 80.2 cm³/mol. The fraction of sp³-hybridized carbons (Fsp3) is 0.214. The van der Waals surface area contributed by atoms with Gasteiger partial charge in [-0.1, -0.05) is 22.0 Å². The van der Waals surface area contributed by atoms with E-state index < -0.39 is 0 Å². The number of carbonyl (C=O) groups is 2. The zero-order valence-corrected chi connectivity index (χ0v) is 13.2. The summed E-state index contributed by atoms with van der Waals surface area (Å²) in [4.78, 5) is 22.9. The highest BCUT2D eigenvalue weighted by atomic mass is 79.9. The Morgan fingerprint density at radius 2 is 2.14 bits per heavy atom. The molecular weight excluding hydrogens is 338 g/mol. The van der Waals surface area contributed by atoms with E-state index >= 15 is 0 Å². The third-order valence-corrected chi connectivity index (χ3v) is 3.65. The van der Waals surface area contributed by atoms with Crippen LogP contribution in [-0.2, 0) is 11.3 Å². The first kappa shape index (κ1) is 15.2. The van der Waals surface area contributed by atoms with E-state index in [9.17, 15) is 9.59 Å². The van der Waals surface area contributed by atoms with E-state index in [0.717, 1.165) is 10.0 Å². The van der Waals surface area contributed by atoms with Crippen molar-refractivity contribution < 1.29 is 14.3 Å². The standard InChI is InChI=1S/C14H14BrN3O3/c1-16-13(19)12-5-6-18(17-12)8-10-4-3-9(7-11(10)15)14(20)21-2/h3-7H,8H2,1-2H3,(H,16,19). The lowest BCUT2D eigenvalue weighted by Gasteiger charge is -2.07. The SMILES string of the molecule is CNC(=O)c1ccn(Cc2ccc(C(=O)OC)cc2Br)n1. The lowest BCUT2D eigenvalue weighted by molar-refractivity contribution is 0.0600. The molecule has 0 saturated heterocycles. The van der Waals surface area contributed by atoms with Gasteiger partial charge < -0.3 is 10.1 Å². The number of methoxy groups -OCH3 is 1. The summed E-state index contributed by atoms with van der Waals surface area (Å²) in [5.41, 5.74) is 1.77. The molecular formula is C14H14BrN3O3. The maximum Gasteiger partial charge on any atom is 0.337 e. The number of nitrogens with zero attached hydrogens (tertiary/aromatic N) is 2. The van der Waals surface area contributed by atoms with Crippen molar-refractivity contribution >= 4 is 27.8 Å². The fourth-order valence-corrected chi connectivity index (χ4v) is 2.30. The molecule has 1 amide bonds. The number of hydrogen-bond acceptors (Lipinski definition) is 4. The van der Waals surface area contributed by atoms with E-state index in [1.165, 1.54) is 7.11 Å². The van der Waals surface area contributed by atoms with Crippen molar-refractivity contribution in [2.24, 2.45) is 0 Å². The molecule has 1 aromatic heterocycles. The van der Waals surface area contributed by atoms with Crippen LogP contribution in [0.15, 0.2) is 34.9 Å². The average molecular weight is 352 g/mol. The summed E-state index contributed by atoms with van der Waals surface area (Å²) >= 11 is 3.42. The maximum absolute atomic E-state index is 11.5. The van der Waals surface area contributed by atoms with Crippen LogP contribution < -0.4 is 5.32 Å². The van der Waals surface area contributed by atoms with Gasteiger partial charge in [-0.15, -0.1) is 0 Å². The summed E-state index contributed by atoms with van der Waals surface area (Å²) < 4.78 is 7.10. The minimum absolute atomic E-state index is 0.228. The number of halogens is 1. The first-order valence-corrected chi connectivity index (χ1v) is 6.96. The number of esters is 1. The molecule has 0 saturated carbocycles. The lowest BCUT2D eigenvalue weighted by Crippen LogP contribution is -2.18. The summed E-state index contributed by atoms with van der Waals surface area (Å²) in [6.45, 7) is 0.485. The molecule has 110 valence electrons. The van der Waals surface area contributed by atoms with Gasteiger partial charge in [-0.3, -0.25) is 9.48 Å². The molecule has 0 aliphatic heterocycles. The second kappa shape index (κ2) is 6.53. The Labute approximate surface area is 130 Å². The average Bonchev–Trinajstić information content (AvgIpc) is 2.96. The van der Waals surface area contributed by atoms with E-state index in [0.29, 0.717) is 17.8 Å². The molecule has 6 nitrogen and oxygen atoms in total. The zero-order valence-electron chi connectivity index (χ0n) is 11.6. The molecule has 0 aliphatic rings. The Kier molecular flexibility index (Phi) is 4.74. The fourth-order valence-electron chi connectivity index (χ4n) is 1.79. The normalized spacial score (nSPS) is 10.2. The van der Waals surface area contributed by atoms with Crippen LogP contribution in [0.25, 0.3) is 0 Å². The molecule has 0 atom stereocenters. The molecule has 1 N–H and O–H groups in total. The smallest absolute Gasteiger partial charge is 0.337 e. The quantitative estimate of drug-likeness (QED) is 0.853. The topological polar surface area (TPSA) is 73.2 Å². The highest BCUT2D eigenvalue weighted by Gasteiger charge is 2.11. The van der Waals surface area contributed by atoms with E-state index in [1.807, 2.05) is 6.07 Å². The highest BCUT2D eigenvalue weighted by Crippen LogP contribution is 2.20. The minimum atomic E-state index is -0.386. The van der Waals surface area contributed by atoms with Crippen molar-refractivity contribution in [3.05, 3.63) is 51.8 Å². The molecule has 1 aromatic carbocycles. The molecule has 2 rings (SSSR count). The van der Waals surface area contributed by atoms with Gasteiger partial charge in [-0.2, -0.15) is 5.10 Å². The number of nitrogens with one attached hydrogen (secondary N) is 1. The van der Waals surface area contributed by atoms with Crippen LogP contribution in [0.2, 0.25) is 0 Å². The van der Waals surface area contributed by atoms with Crippen LogP contribution >= 0.6 is 15.9 Å². The van der Waals surface area contributed by atoms with Gasteiger partial charge >= 0.3 is 5.97 Å². The Morgan fingerprint density at radius 1 is 1.38 bits per heavy atom. The van der Waals surface area contributed by atoms with Gasteiger partial charge in [0.2, 0.25) is 0 Å². The molecule has 0 radical (unpaired) electrons. The number of ether oxygens (including phenoxy) is 1. The summed E-state index contributed by atoms with van der Waals surface area (Å²) in [6, 6.07) is 6.85. The number of aromatic nitrogens is 2. The molecule has 0 aliphatic carbocycles. The zero-order chi connectivity index (χ0) is 15.4. The molecule has 1 heterocycles. The van der Waals surface area contributed by atoms with Gasteiger partial charge in [-0.05, 0) is 23.8 Å². The number of hydrogen-bond donors (Lipinski definition) is 1. The van der Waals surface area contributed by atoms with Crippen molar-refractivity contribution in [1.29, 1.82) is 0 Å². The van der Waals surface area contributed by atoms with Crippen molar-refractivity contribution in [2.75, 3.05) is 14.2 Å². The van der Waals surface area contributed by atoms with Crippen molar-refractivity contribution in [1.82, 2.24) is 15.1 Å². The van der Waals surface area contributed by atoms with Crippen molar-refractivity contribution in [3.8, 4) is 0 Å². The Bertz CT molecular complexity index is 682. The van der Waals surface area contributed by atoms with E-state index in [-0.39, 0.29) is 11.9 Å². The van der Waals surface area contributed by atoms with Crippen LogP contribution in [0.5, 0.6) is 0 Å². The largest absolute Gasteiger partial charge is 0.465 e. The van der Waals surface area contributed by atoms with Crippen LogP contribution in [0.3, 0.4) is 0 Å². The second-order valence-corrected chi connectivity index (χ2v) is 5.13. The van der Waals surface area contributed by atoms with Crippen LogP contribution in [0.1, 0.15) is 26.4 Å². The van der Waals surface area contributed by atoms with Crippen LogP contribution in [-0.4, -0.2) is 35.8 Å². The summed E-state index contributed by atoms with van der Waals surface area (Å²) in [5.74, 6) is -0.614. The van der Waals surface area contributed by atoms with Crippen molar-refractivity contribution in [2.45, 2.75) is 6.54 Å². The number of carbonyl (C=O) groups excluding carboxylic acids is 2. The third kappa shape index (κ3) is 3.49. The minimum Gasteiger partial charge on any atom is -0.465 e. The molecule has 0 fully saturated rings. The summed E-state index contributed by atoms with van der Waals surface area (Å²) in [6.07, 6.45) is 1.73. The Balaban J connectivity index is 2.18. The van der Waals surface area contributed by atoms with Gasteiger partial charge in [0.15, 0.2) is 0 Å². The van der Waals surface area contributed by atoms with Gasteiger partial charge in [0.25, 0.3) is 5.91 Å². The van der Waals surface area contributed by atoms with Crippen LogP contribution in [0.4, 0.5) is 0 Å². The molecule has 0 bridgehead atoms. The first-order valence-electron chi connectivity index (χ1n) is 6.17. The Morgan fingerprint density at radius 3 is 2.76 bits per heavy atom. The van der Waals surface area contributed by atoms with Gasteiger partial charge in [0.05, 0.1) is 19.2 Å². The van der Waals surface area contributed by atoms with Crippen molar-refractivity contribution in [3.63, 3.8) is 0 Å². The number of rotatable bonds is 4. The summed E-state index contributed by atoms with van der Waals surface area (Å²) in [5, 5.41) is 6.70. The van der Waals surface area contributed by atoms with Gasteiger partial charge in [-0.25, -0.2) is 4.79 Å². The lowest BCUT2D eigenvalue weighted by atomic mass is 10.1. The monoisotopic (exact) mass is 351 g/mol. The summed E-state index contributed by atoms with van der Waals surface area (Å²) in [7, 11) is 2.90. The van der Waals surface area contributed by atoms with E-state index in [1.54, 1.807) is 36.1 Å². The Hall–Kier alpha value is -2.15. The highest BCUT2D eigenvalue weighted by molar-refractivity contribution is 9.10.